The molecule has 2 heteroatoms. The number of rotatable bonds is 0. The zero-order valence-electron chi connectivity index (χ0n) is 8.51. The van der Waals surface area contributed by atoms with Crippen LogP contribution in [0, 0.1) is 0 Å². The maximum Gasteiger partial charge on any atom is 0.124 e. The van der Waals surface area contributed by atoms with Crippen LogP contribution in [-0.4, -0.2) is 10.2 Å². The summed E-state index contributed by atoms with van der Waals surface area (Å²) in [5.74, 6) is 0.511. The summed E-state index contributed by atoms with van der Waals surface area (Å²) >= 11 is 0. The number of phenolic OH excluding ortho intramolecular Hbond substituents is 2. The van der Waals surface area contributed by atoms with Crippen molar-refractivity contribution in [3.63, 3.8) is 0 Å². The molecule has 2 nitrogen and oxygen atoms in total. The summed E-state index contributed by atoms with van der Waals surface area (Å²) in [4.78, 5) is 0. The van der Waals surface area contributed by atoms with Gasteiger partial charge in [0, 0.05) is 5.39 Å². The summed E-state index contributed by atoms with van der Waals surface area (Å²) in [5, 5.41) is 23.0. The van der Waals surface area contributed by atoms with Crippen molar-refractivity contribution in [3.8, 4) is 11.5 Å². The summed E-state index contributed by atoms with van der Waals surface area (Å²) in [7, 11) is 0. The van der Waals surface area contributed by atoms with Gasteiger partial charge in [-0.05, 0) is 34.4 Å². The second-order valence-electron chi connectivity index (χ2n) is 3.85. The van der Waals surface area contributed by atoms with Crippen molar-refractivity contribution in [2.24, 2.45) is 0 Å². The van der Waals surface area contributed by atoms with Gasteiger partial charge in [-0.2, -0.15) is 0 Å². The van der Waals surface area contributed by atoms with Crippen LogP contribution in [0.1, 0.15) is 0 Å². The van der Waals surface area contributed by atoms with E-state index in [-0.39, 0.29) is 11.5 Å². The Balaban J connectivity index is 2.61. The lowest BCUT2D eigenvalue weighted by Gasteiger charge is -2.06. The van der Waals surface area contributed by atoms with E-state index in [9.17, 15) is 10.2 Å². The standard InChI is InChI=1S/C14H10O2/c15-10-6-5-9-7-14(16)12-4-2-1-3-11(12)13(9)8-10/h1-8,15-16H. The molecule has 3 aromatic carbocycles. The molecule has 0 saturated heterocycles. The third-order valence-corrected chi connectivity index (χ3v) is 2.82. The maximum atomic E-state index is 9.88. The fourth-order valence-electron chi connectivity index (χ4n) is 2.07. The number of phenols is 2. The van der Waals surface area contributed by atoms with Gasteiger partial charge >= 0.3 is 0 Å². The van der Waals surface area contributed by atoms with E-state index >= 15 is 0 Å². The minimum absolute atomic E-state index is 0.239. The fraction of sp³-hybridized carbons (Fsp3) is 0. The predicted octanol–water partition coefficient (Wildman–Crippen LogP) is 3.40. The lowest BCUT2D eigenvalue weighted by molar-refractivity contribution is 0.475. The van der Waals surface area contributed by atoms with Crippen LogP contribution in [0.4, 0.5) is 0 Å². The van der Waals surface area contributed by atoms with Crippen LogP contribution in [0.2, 0.25) is 0 Å². The Morgan fingerprint density at radius 1 is 0.688 bits per heavy atom. The van der Waals surface area contributed by atoms with Gasteiger partial charge in [-0.3, -0.25) is 0 Å². The third-order valence-electron chi connectivity index (χ3n) is 2.82. The smallest absolute Gasteiger partial charge is 0.124 e. The van der Waals surface area contributed by atoms with E-state index in [1.807, 2.05) is 24.3 Å². The number of benzene rings is 3. The number of hydrogen-bond donors (Lipinski definition) is 2. The van der Waals surface area contributed by atoms with Gasteiger partial charge in [-0.25, -0.2) is 0 Å². The molecular formula is C14H10O2. The van der Waals surface area contributed by atoms with E-state index in [2.05, 4.69) is 0 Å². The first-order chi connectivity index (χ1) is 7.75. The summed E-state index contributed by atoms with van der Waals surface area (Å²) in [6.07, 6.45) is 0. The largest absolute Gasteiger partial charge is 0.508 e. The molecule has 3 aromatic rings. The fourth-order valence-corrected chi connectivity index (χ4v) is 2.07. The van der Waals surface area contributed by atoms with Gasteiger partial charge < -0.3 is 10.2 Å². The highest BCUT2D eigenvalue weighted by molar-refractivity contribution is 6.10. The molecule has 3 rings (SSSR count). The van der Waals surface area contributed by atoms with Gasteiger partial charge in [0.25, 0.3) is 0 Å². The van der Waals surface area contributed by atoms with Crippen LogP contribution in [-0.2, 0) is 0 Å². The Morgan fingerprint density at radius 3 is 2.25 bits per heavy atom. The molecular weight excluding hydrogens is 200 g/mol. The van der Waals surface area contributed by atoms with Crippen LogP contribution in [0.5, 0.6) is 11.5 Å². The van der Waals surface area contributed by atoms with Crippen molar-refractivity contribution in [1.29, 1.82) is 0 Å². The van der Waals surface area contributed by atoms with Crippen molar-refractivity contribution in [2.45, 2.75) is 0 Å². The molecule has 0 fully saturated rings. The second-order valence-corrected chi connectivity index (χ2v) is 3.85. The Labute approximate surface area is 92.4 Å². The zero-order chi connectivity index (χ0) is 11.1. The number of hydrogen-bond acceptors (Lipinski definition) is 2. The number of fused-ring (bicyclic) bond motifs is 3. The molecule has 0 saturated carbocycles. The highest BCUT2D eigenvalue weighted by Gasteiger charge is 2.05. The van der Waals surface area contributed by atoms with Crippen LogP contribution in [0.3, 0.4) is 0 Å². The first-order valence-electron chi connectivity index (χ1n) is 5.09. The molecule has 0 spiro atoms. The van der Waals surface area contributed by atoms with E-state index in [1.165, 1.54) is 0 Å². The first kappa shape index (κ1) is 9.04. The average Bonchev–Trinajstić information content (AvgIpc) is 2.31. The lowest BCUT2D eigenvalue weighted by Crippen LogP contribution is -1.78. The van der Waals surface area contributed by atoms with Gasteiger partial charge in [0.2, 0.25) is 0 Å². The molecule has 0 aliphatic carbocycles. The van der Waals surface area contributed by atoms with Gasteiger partial charge in [0.15, 0.2) is 0 Å². The van der Waals surface area contributed by atoms with E-state index in [0.717, 1.165) is 21.5 Å². The Morgan fingerprint density at radius 2 is 1.44 bits per heavy atom. The molecule has 0 aromatic heterocycles. The van der Waals surface area contributed by atoms with Crippen LogP contribution < -0.4 is 0 Å². The van der Waals surface area contributed by atoms with Gasteiger partial charge in [-0.1, -0.05) is 30.3 Å². The zero-order valence-corrected chi connectivity index (χ0v) is 8.51. The van der Waals surface area contributed by atoms with E-state index < -0.39 is 0 Å². The van der Waals surface area contributed by atoms with Crippen LogP contribution >= 0.6 is 0 Å². The van der Waals surface area contributed by atoms with Gasteiger partial charge in [-0.15, -0.1) is 0 Å². The molecule has 0 aliphatic heterocycles. The van der Waals surface area contributed by atoms with Crippen LogP contribution in [0.25, 0.3) is 21.5 Å². The van der Waals surface area contributed by atoms with Crippen molar-refractivity contribution < 1.29 is 10.2 Å². The van der Waals surface area contributed by atoms with E-state index in [0.29, 0.717) is 0 Å². The molecule has 0 atom stereocenters. The predicted molar refractivity (Wildman–Crippen MR) is 64.8 cm³/mol. The van der Waals surface area contributed by atoms with E-state index in [1.54, 1.807) is 24.3 Å². The molecule has 0 unspecified atom stereocenters. The monoisotopic (exact) mass is 210 g/mol. The third kappa shape index (κ3) is 1.20. The maximum absolute atomic E-state index is 9.88. The topological polar surface area (TPSA) is 40.5 Å². The Kier molecular flexibility index (Phi) is 1.77. The van der Waals surface area contributed by atoms with Crippen molar-refractivity contribution in [2.75, 3.05) is 0 Å². The molecule has 0 radical (unpaired) electrons. The SMILES string of the molecule is Oc1ccc2cc(O)c3ccccc3c2c1. The minimum Gasteiger partial charge on any atom is -0.508 e. The molecule has 2 N–H and O–H groups in total. The molecule has 78 valence electrons. The Bertz CT molecular complexity index is 687. The molecule has 16 heavy (non-hydrogen) atoms. The van der Waals surface area contributed by atoms with Gasteiger partial charge in [0.05, 0.1) is 0 Å². The second kappa shape index (κ2) is 3.14. The lowest BCUT2D eigenvalue weighted by atomic mass is 10.0. The molecule has 0 bridgehead atoms. The Hall–Kier alpha value is -2.22. The van der Waals surface area contributed by atoms with E-state index in [4.69, 9.17) is 0 Å². The van der Waals surface area contributed by atoms with Crippen molar-refractivity contribution in [3.05, 3.63) is 48.5 Å². The van der Waals surface area contributed by atoms with Gasteiger partial charge in [0.1, 0.15) is 11.5 Å². The van der Waals surface area contributed by atoms with Crippen molar-refractivity contribution in [1.82, 2.24) is 0 Å². The minimum atomic E-state index is 0.239. The summed E-state index contributed by atoms with van der Waals surface area (Å²) in [5.41, 5.74) is 0. The highest BCUT2D eigenvalue weighted by Crippen LogP contribution is 2.33. The summed E-state index contributed by atoms with van der Waals surface area (Å²) < 4.78 is 0. The molecule has 0 aliphatic rings. The molecule has 0 heterocycles. The summed E-state index contributed by atoms with van der Waals surface area (Å²) in [6.45, 7) is 0. The first-order valence-corrected chi connectivity index (χ1v) is 5.09. The summed E-state index contributed by atoms with van der Waals surface area (Å²) in [6, 6.07) is 14.5. The van der Waals surface area contributed by atoms with Crippen LogP contribution in [0.15, 0.2) is 48.5 Å². The number of aromatic hydroxyl groups is 2. The normalized spacial score (nSPS) is 11.0. The average molecular weight is 210 g/mol. The molecule has 0 amide bonds. The van der Waals surface area contributed by atoms with Crippen molar-refractivity contribution >= 4 is 21.5 Å². The highest BCUT2D eigenvalue weighted by atomic mass is 16.3. The quantitative estimate of drug-likeness (QED) is 0.558.